The average molecular weight is 251 g/mol. The van der Waals surface area contributed by atoms with Crippen LogP contribution in [-0.2, 0) is 11.2 Å². The smallest absolute Gasteiger partial charge is 0.335 e. The fourth-order valence-electron chi connectivity index (χ4n) is 1.46. The minimum Gasteiger partial charge on any atom is -0.478 e. The predicted molar refractivity (Wildman–Crippen MR) is 67.5 cm³/mol. The molecule has 1 atom stereocenters. The van der Waals surface area contributed by atoms with E-state index in [2.05, 4.69) is 10.3 Å². The highest BCUT2D eigenvalue weighted by molar-refractivity contribution is 5.89. The van der Waals surface area contributed by atoms with Gasteiger partial charge in [-0.15, -0.1) is 0 Å². The quantitative estimate of drug-likeness (QED) is 0.700. The monoisotopic (exact) mass is 251 g/mol. The molecule has 0 aliphatic heterocycles. The number of carbonyl (C=O) groups is 2. The molecule has 0 aromatic carbocycles. The third-order valence-electron chi connectivity index (χ3n) is 2.42. The zero-order chi connectivity index (χ0) is 13.7. The summed E-state index contributed by atoms with van der Waals surface area (Å²) in [5, 5.41) is 11.8. The van der Waals surface area contributed by atoms with E-state index in [0.29, 0.717) is 17.9 Å². The summed E-state index contributed by atoms with van der Waals surface area (Å²) in [6, 6.07) is 2.32. The van der Waals surface area contributed by atoms with E-state index in [0.717, 1.165) is 6.42 Å². The summed E-state index contributed by atoms with van der Waals surface area (Å²) in [7, 11) is 0. The first-order valence-electron chi connectivity index (χ1n) is 5.74. The van der Waals surface area contributed by atoms with Gasteiger partial charge in [0.15, 0.2) is 0 Å². The number of primary amides is 1. The van der Waals surface area contributed by atoms with Crippen molar-refractivity contribution in [1.29, 1.82) is 0 Å². The van der Waals surface area contributed by atoms with Crippen LogP contribution < -0.4 is 11.1 Å². The van der Waals surface area contributed by atoms with Crippen molar-refractivity contribution in [1.82, 2.24) is 4.98 Å². The minimum absolute atomic E-state index is 0.146. The number of pyridine rings is 1. The topological polar surface area (TPSA) is 105 Å². The molecule has 1 amide bonds. The molecule has 1 aromatic heterocycles. The van der Waals surface area contributed by atoms with Crippen molar-refractivity contribution >= 4 is 17.7 Å². The Morgan fingerprint density at radius 1 is 1.50 bits per heavy atom. The summed E-state index contributed by atoms with van der Waals surface area (Å²) < 4.78 is 0. The molecule has 0 saturated heterocycles. The molecule has 0 aliphatic rings. The lowest BCUT2D eigenvalue weighted by Gasteiger charge is -2.12. The van der Waals surface area contributed by atoms with Crippen LogP contribution >= 0.6 is 0 Å². The summed E-state index contributed by atoms with van der Waals surface area (Å²) in [6.07, 6.45) is 1.54. The van der Waals surface area contributed by atoms with Crippen LogP contribution in [0.3, 0.4) is 0 Å². The Morgan fingerprint density at radius 2 is 2.17 bits per heavy atom. The molecule has 1 aromatic rings. The number of rotatable bonds is 6. The summed E-state index contributed by atoms with van der Waals surface area (Å²) in [6.45, 7) is 3.57. The van der Waals surface area contributed by atoms with Gasteiger partial charge in [0.2, 0.25) is 5.91 Å². The van der Waals surface area contributed by atoms with Gasteiger partial charge in [-0.05, 0) is 25.5 Å². The number of hydrogen-bond acceptors (Lipinski definition) is 4. The fraction of sp³-hybridized carbons (Fsp3) is 0.417. The molecule has 6 heteroatoms. The van der Waals surface area contributed by atoms with E-state index in [1.54, 1.807) is 6.92 Å². The maximum absolute atomic E-state index is 11.0. The first-order chi connectivity index (χ1) is 8.43. The van der Waals surface area contributed by atoms with Crippen LogP contribution in [-0.4, -0.2) is 28.0 Å². The summed E-state index contributed by atoms with van der Waals surface area (Å²) in [5.74, 6) is -1.19. The molecule has 0 fully saturated rings. The zero-order valence-corrected chi connectivity index (χ0v) is 10.4. The number of carboxylic acids is 1. The van der Waals surface area contributed by atoms with Crippen molar-refractivity contribution < 1.29 is 14.7 Å². The Labute approximate surface area is 105 Å². The van der Waals surface area contributed by atoms with Crippen LogP contribution in [0.2, 0.25) is 0 Å². The van der Waals surface area contributed by atoms with Crippen LogP contribution in [0.5, 0.6) is 0 Å². The third-order valence-corrected chi connectivity index (χ3v) is 2.42. The van der Waals surface area contributed by atoms with Gasteiger partial charge in [0.05, 0.1) is 5.56 Å². The first kappa shape index (κ1) is 14.0. The second-order valence-electron chi connectivity index (χ2n) is 4.06. The highest BCUT2D eigenvalue weighted by Crippen LogP contribution is 2.13. The number of nitrogens with zero attached hydrogens (tertiary/aromatic N) is 1. The third kappa shape index (κ3) is 3.73. The van der Waals surface area contributed by atoms with Crippen LogP contribution in [0.25, 0.3) is 0 Å². The lowest BCUT2D eigenvalue weighted by Crippen LogP contribution is -2.32. The van der Waals surface area contributed by atoms with Crippen LogP contribution in [0, 0.1) is 0 Å². The Hall–Kier alpha value is -2.11. The zero-order valence-electron chi connectivity index (χ0n) is 10.4. The minimum atomic E-state index is -1.02. The molecule has 0 bridgehead atoms. The van der Waals surface area contributed by atoms with Gasteiger partial charge in [-0.3, -0.25) is 4.79 Å². The van der Waals surface area contributed by atoms with E-state index in [1.165, 1.54) is 12.1 Å². The van der Waals surface area contributed by atoms with Crippen molar-refractivity contribution in [2.24, 2.45) is 5.73 Å². The molecular formula is C12H17N3O3. The normalized spacial score (nSPS) is 11.9. The number of carbonyl (C=O) groups excluding carboxylic acids is 1. The van der Waals surface area contributed by atoms with Gasteiger partial charge >= 0.3 is 5.97 Å². The molecular weight excluding hydrogens is 234 g/mol. The molecule has 18 heavy (non-hydrogen) atoms. The van der Waals surface area contributed by atoms with Crippen LogP contribution in [0.1, 0.15) is 36.3 Å². The van der Waals surface area contributed by atoms with Gasteiger partial charge in [0.1, 0.15) is 11.9 Å². The standard InChI is InChI=1S/C12H17N3O3/c1-3-4-9-5-8(12(17)18)6-10(15-9)14-7(2)11(13)16/h5-7H,3-4H2,1-2H3,(H2,13,16)(H,14,15)(H,17,18). The maximum Gasteiger partial charge on any atom is 0.335 e. The van der Waals surface area contributed by atoms with Crippen molar-refractivity contribution in [3.63, 3.8) is 0 Å². The van der Waals surface area contributed by atoms with E-state index in [-0.39, 0.29) is 5.56 Å². The van der Waals surface area contributed by atoms with E-state index < -0.39 is 17.9 Å². The molecule has 0 aliphatic carbocycles. The van der Waals surface area contributed by atoms with E-state index in [4.69, 9.17) is 10.8 Å². The number of carboxylic acid groups (broad SMARTS) is 1. The first-order valence-corrected chi connectivity index (χ1v) is 5.74. The van der Waals surface area contributed by atoms with Gasteiger partial charge in [-0.1, -0.05) is 13.3 Å². The van der Waals surface area contributed by atoms with Crippen molar-refractivity contribution in [3.8, 4) is 0 Å². The molecule has 1 heterocycles. The Bertz CT molecular complexity index is 460. The lowest BCUT2D eigenvalue weighted by molar-refractivity contribution is -0.118. The molecule has 0 spiro atoms. The molecule has 0 saturated carbocycles. The lowest BCUT2D eigenvalue weighted by atomic mass is 10.1. The predicted octanol–water partition coefficient (Wildman–Crippen LogP) is 1.02. The molecule has 4 N–H and O–H groups in total. The number of hydrogen-bond donors (Lipinski definition) is 3. The number of nitrogens with two attached hydrogens (primary N) is 1. The largest absolute Gasteiger partial charge is 0.478 e. The number of aromatic carboxylic acids is 1. The molecule has 0 radical (unpaired) electrons. The second-order valence-corrected chi connectivity index (χ2v) is 4.06. The highest BCUT2D eigenvalue weighted by Gasteiger charge is 2.12. The van der Waals surface area contributed by atoms with Crippen molar-refractivity contribution in [3.05, 3.63) is 23.4 Å². The van der Waals surface area contributed by atoms with E-state index >= 15 is 0 Å². The fourth-order valence-corrected chi connectivity index (χ4v) is 1.46. The molecule has 6 nitrogen and oxygen atoms in total. The Kier molecular flexibility index (Phi) is 4.65. The molecule has 1 unspecified atom stereocenters. The van der Waals surface area contributed by atoms with Gasteiger partial charge in [0, 0.05) is 5.69 Å². The van der Waals surface area contributed by atoms with E-state index in [1.807, 2.05) is 6.92 Å². The maximum atomic E-state index is 11.0. The number of nitrogens with one attached hydrogen (secondary N) is 1. The van der Waals surface area contributed by atoms with E-state index in [9.17, 15) is 9.59 Å². The molecule has 98 valence electrons. The number of aryl methyl sites for hydroxylation is 1. The van der Waals surface area contributed by atoms with Gasteiger partial charge in [0.25, 0.3) is 0 Å². The Balaban J connectivity index is 3.02. The molecule has 1 rings (SSSR count). The summed E-state index contributed by atoms with van der Waals surface area (Å²) >= 11 is 0. The SMILES string of the molecule is CCCc1cc(C(=O)O)cc(NC(C)C(N)=O)n1. The van der Waals surface area contributed by atoms with Crippen LogP contribution in [0.15, 0.2) is 12.1 Å². The average Bonchev–Trinajstić information content (AvgIpc) is 2.28. The Morgan fingerprint density at radius 3 is 2.67 bits per heavy atom. The summed E-state index contributed by atoms with van der Waals surface area (Å²) in [4.78, 5) is 26.2. The second kappa shape index (κ2) is 6.00. The number of amides is 1. The van der Waals surface area contributed by atoms with Gasteiger partial charge < -0.3 is 16.2 Å². The number of anilines is 1. The number of aromatic nitrogens is 1. The van der Waals surface area contributed by atoms with Crippen LogP contribution in [0.4, 0.5) is 5.82 Å². The van der Waals surface area contributed by atoms with Crippen molar-refractivity contribution in [2.75, 3.05) is 5.32 Å². The summed E-state index contributed by atoms with van der Waals surface area (Å²) in [5.41, 5.74) is 5.96. The highest BCUT2D eigenvalue weighted by atomic mass is 16.4. The van der Waals surface area contributed by atoms with Crippen molar-refractivity contribution in [2.45, 2.75) is 32.7 Å². The van der Waals surface area contributed by atoms with Gasteiger partial charge in [-0.2, -0.15) is 0 Å². The van der Waals surface area contributed by atoms with Gasteiger partial charge in [-0.25, -0.2) is 9.78 Å².